The highest BCUT2D eigenvalue weighted by molar-refractivity contribution is 7.89. The van der Waals surface area contributed by atoms with Crippen molar-refractivity contribution in [2.24, 2.45) is 0 Å². The largest absolute Gasteiger partial charge is 0.380 e. The summed E-state index contributed by atoms with van der Waals surface area (Å²) in [6.07, 6.45) is 2.99. The number of anilines is 1. The lowest BCUT2D eigenvalue weighted by atomic mass is 10.1. The van der Waals surface area contributed by atoms with E-state index in [2.05, 4.69) is 22.0 Å². The summed E-state index contributed by atoms with van der Waals surface area (Å²) in [6, 6.07) is 7.43. The van der Waals surface area contributed by atoms with Crippen LogP contribution in [0.25, 0.3) is 0 Å². The van der Waals surface area contributed by atoms with Gasteiger partial charge in [0.15, 0.2) is 0 Å². The Balaban J connectivity index is 2.16. The molecule has 1 unspecified atom stereocenters. The first kappa shape index (κ1) is 16.3. The first-order valence-electron chi connectivity index (χ1n) is 7.56. The van der Waals surface area contributed by atoms with E-state index in [9.17, 15) is 8.42 Å². The number of nitrogens with one attached hydrogen (secondary N) is 2. The minimum Gasteiger partial charge on any atom is -0.380 e. The van der Waals surface area contributed by atoms with Gasteiger partial charge in [0.05, 0.1) is 5.69 Å². The zero-order valence-corrected chi connectivity index (χ0v) is 13.6. The molecule has 1 aromatic carbocycles. The summed E-state index contributed by atoms with van der Waals surface area (Å²) >= 11 is 0. The number of sulfonamides is 1. The quantitative estimate of drug-likeness (QED) is 0.842. The molecule has 1 saturated heterocycles. The Kier molecular flexibility index (Phi) is 5.61. The fourth-order valence-corrected chi connectivity index (χ4v) is 3.94. The lowest BCUT2D eigenvalue weighted by Crippen LogP contribution is -2.40. The van der Waals surface area contributed by atoms with Gasteiger partial charge in [-0.25, -0.2) is 13.1 Å². The molecule has 1 aliphatic heterocycles. The first-order valence-corrected chi connectivity index (χ1v) is 9.05. The zero-order chi connectivity index (χ0) is 15.3. The molecule has 21 heavy (non-hydrogen) atoms. The number of likely N-dealkylation sites (N-methyl/N-ethyl adjacent to an activating group) is 1. The highest BCUT2D eigenvalue weighted by Gasteiger charge is 2.21. The van der Waals surface area contributed by atoms with Gasteiger partial charge in [-0.05, 0) is 45.0 Å². The maximum atomic E-state index is 12.4. The Hall–Kier alpha value is -1.11. The maximum absolute atomic E-state index is 12.4. The molecule has 1 heterocycles. The summed E-state index contributed by atoms with van der Waals surface area (Å²) < 4.78 is 27.3. The van der Waals surface area contributed by atoms with Crippen LogP contribution in [0.15, 0.2) is 29.2 Å². The number of benzene rings is 1. The number of rotatable bonds is 6. The van der Waals surface area contributed by atoms with Gasteiger partial charge < -0.3 is 10.2 Å². The van der Waals surface area contributed by atoms with Gasteiger partial charge in [0.25, 0.3) is 0 Å². The molecule has 0 aliphatic carbocycles. The Labute approximate surface area is 127 Å². The molecule has 1 aliphatic rings. The summed E-state index contributed by atoms with van der Waals surface area (Å²) in [5.74, 6) is 0. The van der Waals surface area contributed by atoms with Crippen molar-refractivity contribution < 1.29 is 8.42 Å². The number of piperidine rings is 1. The molecule has 0 radical (unpaired) electrons. The Morgan fingerprint density at radius 1 is 1.33 bits per heavy atom. The molecule has 6 heteroatoms. The van der Waals surface area contributed by atoms with E-state index in [1.54, 1.807) is 12.1 Å². The van der Waals surface area contributed by atoms with E-state index in [-0.39, 0.29) is 0 Å². The number of nitrogens with zero attached hydrogens (tertiary/aromatic N) is 1. The second kappa shape index (κ2) is 7.24. The Morgan fingerprint density at radius 2 is 2.10 bits per heavy atom. The molecule has 0 saturated carbocycles. The molecule has 0 aromatic heterocycles. The van der Waals surface area contributed by atoms with Gasteiger partial charge in [0.1, 0.15) is 4.90 Å². The average molecular weight is 311 g/mol. The smallest absolute Gasteiger partial charge is 0.242 e. The van der Waals surface area contributed by atoms with Crippen LogP contribution >= 0.6 is 0 Å². The number of para-hydroxylation sites is 1. The molecule has 0 amide bonds. The van der Waals surface area contributed by atoms with Crippen LogP contribution in [0.2, 0.25) is 0 Å². The van der Waals surface area contributed by atoms with E-state index in [1.807, 2.05) is 19.1 Å². The Morgan fingerprint density at radius 3 is 2.81 bits per heavy atom. The monoisotopic (exact) mass is 311 g/mol. The third-order valence-electron chi connectivity index (χ3n) is 3.70. The molecular formula is C15H25N3O2S. The van der Waals surface area contributed by atoms with Gasteiger partial charge in [-0.15, -0.1) is 0 Å². The molecule has 0 bridgehead atoms. The molecule has 118 valence electrons. The highest BCUT2D eigenvalue weighted by atomic mass is 32.2. The van der Waals surface area contributed by atoms with Crippen LogP contribution in [-0.2, 0) is 10.0 Å². The molecule has 0 spiro atoms. The van der Waals surface area contributed by atoms with Gasteiger partial charge in [0.2, 0.25) is 10.0 Å². The fourth-order valence-electron chi connectivity index (χ4n) is 2.64. The number of likely N-dealkylation sites (tertiary alicyclic amines) is 1. The third-order valence-corrected chi connectivity index (χ3v) is 5.22. The van der Waals surface area contributed by atoms with Gasteiger partial charge in [-0.1, -0.05) is 19.1 Å². The van der Waals surface area contributed by atoms with E-state index in [1.165, 1.54) is 0 Å². The normalized spacial score (nSPS) is 20.4. The second-order valence-electron chi connectivity index (χ2n) is 5.64. The fraction of sp³-hybridized carbons (Fsp3) is 0.600. The number of hydrogen-bond donors (Lipinski definition) is 2. The van der Waals surface area contributed by atoms with E-state index in [4.69, 9.17) is 0 Å². The third kappa shape index (κ3) is 4.43. The summed E-state index contributed by atoms with van der Waals surface area (Å²) in [7, 11) is -1.35. The Bertz CT molecular complexity index is 560. The first-order chi connectivity index (χ1) is 10.0. The predicted molar refractivity (Wildman–Crippen MR) is 86.1 cm³/mol. The van der Waals surface area contributed by atoms with E-state index in [0.29, 0.717) is 23.2 Å². The van der Waals surface area contributed by atoms with Crippen LogP contribution in [0.1, 0.15) is 26.2 Å². The van der Waals surface area contributed by atoms with Gasteiger partial charge >= 0.3 is 0 Å². The van der Waals surface area contributed by atoms with Crippen molar-refractivity contribution in [2.45, 2.75) is 37.1 Å². The zero-order valence-electron chi connectivity index (χ0n) is 12.8. The van der Waals surface area contributed by atoms with Crippen LogP contribution in [0.3, 0.4) is 0 Å². The van der Waals surface area contributed by atoms with E-state index < -0.39 is 10.0 Å². The van der Waals surface area contributed by atoms with Crippen LogP contribution < -0.4 is 10.0 Å². The van der Waals surface area contributed by atoms with Crippen molar-refractivity contribution in [3.05, 3.63) is 24.3 Å². The van der Waals surface area contributed by atoms with Crippen molar-refractivity contribution in [1.29, 1.82) is 0 Å². The van der Waals surface area contributed by atoms with Crippen molar-refractivity contribution >= 4 is 15.7 Å². The summed E-state index contributed by atoms with van der Waals surface area (Å²) in [5, 5.41) is 3.40. The topological polar surface area (TPSA) is 61.4 Å². The van der Waals surface area contributed by atoms with Gasteiger partial charge in [-0.2, -0.15) is 0 Å². The molecule has 1 atom stereocenters. The minimum absolute atomic E-state index is 0.297. The average Bonchev–Trinajstić information content (AvgIpc) is 2.46. The SMILES string of the molecule is CCCNS(=O)(=O)c1ccccc1NC1CCCN(C)C1. The van der Waals surface area contributed by atoms with Crippen molar-refractivity contribution in [3.8, 4) is 0 Å². The van der Waals surface area contributed by atoms with Crippen LogP contribution in [-0.4, -0.2) is 46.0 Å². The van der Waals surface area contributed by atoms with Gasteiger partial charge in [-0.3, -0.25) is 0 Å². The highest BCUT2D eigenvalue weighted by Crippen LogP contribution is 2.23. The molecule has 1 aromatic rings. The van der Waals surface area contributed by atoms with E-state index >= 15 is 0 Å². The molecule has 5 nitrogen and oxygen atoms in total. The van der Waals surface area contributed by atoms with Gasteiger partial charge in [0, 0.05) is 19.1 Å². The standard InChI is InChI=1S/C15H25N3O2S/c1-3-10-16-21(19,20)15-9-5-4-8-14(15)17-13-7-6-11-18(2)12-13/h4-5,8-9,13,16-17H,3,6-7,10-12H2,1-2H3. The number of hydrogen-bond acceptors (Lipinski definition) is 4. The summed E-state index contributed by atoms with van der Waals surface area (Å²) in [4.78, 5) is 2.61. The second-order valence-corrected chi connectivity index (χ2v) is 7.38. The minimum atomic E-state index is -3.44. The van der Waals surface area contributed by atoms with Crippen molar-refractivity contribution in [3.63, 3.8) is 0 Å². The van der Waals surface area contributed by atoms with Crippen LogP contribution in [0, 0.1) is 0 Å². The van der Waals surface area contributed by atoms with Crippen LogP contribution in [0.5, 0.6) is 0 Å². The van der Waals surface area contributed by atoms with Crippen molar-refractivity contribution in [1.82, 2.24) is 9.62 Å². The molecular weight excluding hydrogens is 286 g/mol. The lowest BCUT2D eigenvalue weighted by Gasteiger charge is -2.31. The molecule has 1 fully saturated rings. The molecule has 2 rings (SSSR count). The lowest BCUT2D eigenvalue weighted by molar-refractivity contribution is 0.261. The summed E-state index contributed by atoms with van der Waals surface area (Å²) in [6.45, 7) is 4.46. The predicted octanol–water partition coefficient (Wildman–Crippen LogP) is 1.88. The summed E-state index contributed by atoms with van der Waals surface area (Å²) in [5.41, 5.74) is 0.696. The van der Waals surface area contributed by atoms with Crippen molar-refractivity contribution in [2.75, 3.05) is 32.0 Å². The molecule has 2 N–H and O–H groups in total. The van der Waals surface area contributed by atoms with Crippen LogP contribution in [0.4, 0.5) is 5.69 Å². The maximum Gasteiger partial charge on any atom is 0.242 e. The van der Waals surface area contributed by atoms with E-state index in [0.717, 1.165) is 32.4 Å².